The quantitative estimate of drug-likeness (QED) is 0.542. The van der Waals surface area contributed by atoms with Crippen molar-refractivity contribution in [2.45, 2.75) is 39.5 Å². The highest BCUT2D eigenvalue weighted by Gasteiger charge is 2.14. The molecule has 2 aromatic carbocycles. The Balaban J connectivity index is 1.86. The topological polar surface area (TPSA) is 29.5 Å². The van der Waals surface area contributed by atoms with Crippen LogP contribution in [0.1, 0.15) is 38.2 Å². The molecule has 0 aromatic heterocycles. The molecule has 0 aliphatic rings. The second-order valence-electron chi connectivity index (χ2n) is 6.10. The summed E-state index contributed by atoms with van der Waals surface area (Å²) in [6.45, 7) is 5.38. The Hall–Kier alpha value is -2.00. The largest absolute Gasteiger partial charge is 0.493 e. The summed E-state index contributed by atoms with van der Waals surface area (Å²) in [5.74, 6) is 0.971. The van der Waals surface area contributed by atoms with Crippen LogP contribution in [0.15, 0.2) is 48.5 Å². The molecule has 0 aliphatic heterocycles. The first-order valence-corrected chi connectivity index (χ1v) is 9.24. The van der Waals surface area contributed by atoms with Crippen molar-refractivity contribution in [3.05, 3.63) is 59.1 Å². The van der Waals surface area contributed by atoms with Crippen molar-refractivity contribution < 1.29 is 9.53 Å². The maximum Gasteiger partial charge on any atom is 0.227 e. The maximum atomic E-state index is 12.6. The average molecular weight is 360 g/mol. The van der Waals surface area contributed by atoms with Crippen LogP contribution in [-0.2, 0) is 4.79 Å². The number of ether oxygens (including phenoxy) is 1. The summed E-state index contributed by atoms with van der Waals surface area (Å²) in [4.78, 5) is 14.5. The number of rotatable bonds is 9. The number of carbonyl (C=O) groups is 1. The average Bonchev–Trinajstić information content (AvgIpc) is 2.61. The third kappa shape index (κ3) is 6.09. The van der Waals surface area contributed by atoms with Crippen LogP contribution >= 0.6 is 11.6 Å². The number of carbonyl (C=O) groups excluding carboxylic acids is 1. The molecule has 25 heavy (non-hydrogen) atoms. The molecule has 134 valence electrons. The van der Waals surface area contributed by atoms with Crippen molar-refractivity contribution in [3.8, 4) is 5.75 Å². The predicted octanol–water partition coefficient (Wildman–Crippen LogP) is 5.64. The molecule has 2 rings (SSSR count). The van der Waals surface area contributed by atoms with Crippen LogP contribution < -0.4 is 9.64 Å². The Labute approximate surface area is 155 Å². The molecule has 0 unspecified atom stereocenters. The van der Waals surface area contributed by atoms with Crippen LogP contribution in [0.4, 0.5) is 5.69 Å². The number of hydrogen-bond donors (Lipinski definition) is 0. The monoisotopic (exact) mass is 359 g/mol. The van der Waals surface area contributed by atoms with E-state index in [2.05, 4.69) is 6.92 Å². The van der Waals surface area contributed by atoms with Gasteiger partial charge < -0.3 is 9.64 Å². The number of aryl methyl sites for hydroxylation is 1. The van der Waals surface area contributed by atoms with E-state index in [1.54, 1.807) is 0 Å². The lowest BCUT2D eigenvalue weighted by Crippen LogP contribution is -2.31. The van der Waals surface area contributed by atoms with Gasteiger partial charge >= 0.3 is 0 Å². The van der Waals surface area contributed by atoms with Gasteiger partial charge in [0.25, 0.3) is 0 Å². The fourth-order valence-electron chi connectivity index (χ4n) is 2.64. The zero-order chi connectivity index (χ0) is 18.1. The van der Waals surface area contributed by atoms with E-state index in [0.717, 1.165) is 36.4 Å². The van der Waals surface area contributed by atoms with Gasteiger partial charge in [-0.3, -0.25) is 4.79 Å². The minimum Gasteiger partial charge on any atom is -0.493 e. The fourth-order valence-corrected chi connectivity index (χ4v) is 2.86. The number of halogens is 1. The first-order chi connectivity index (χ1) is 12.1. The number of anilines is 1. The lowest BCUT2D eigenvalue weighted by atomic mass is 10.2. The smallest absolute Gasteiger partial charge is 0.227 e. The summed E-state index contributed by atoms with van der Waals surface area (Å²) in [5, 5.41) is 0.703. The first kappa shape index (κ1) is 19.3. The van der Waals surface area contributed by atoms with Gasteiger partial charge in [-0.15, -0.1) is 0 Å². The van der Waals surface area contributed by atoms with Gasteiger partial charge in [-0.2, -0.15) is 0 Å². The molecule has 0 bridgehead atoms. The summed E-state index contributed by atoms with van der Waals surface area (Å²) >= 11 is 5.95. The number of hydrogen-bond acceptors (Lipinski definition) is 2. The summed E-state index contributed by atoms with van der Waals surface area (Å²) in [6.07, 6.45) is 3.23. The number of para-hydroxylation sites is 1. The van der Waals surface area contributed by atoms with Crippen molar-refractivity contribution in [1.82, 2.24) is 0 Å². The molecule has 0 heterocycles. The van der Waals surface area contributed by atoms with E-state index in [0.29, 0.717) is 24.5 Å². The van der Waals surface area contributed by atoms with Gasteiger partial charge in [0.15, 0.2) is 0 Å². The Morgan fingerprint density at radius 2 is 1.88 bits per heavy atom. The van der Waals surface area contributed by atoms with Crippen molar-refractivity contribution in [3.63, 3.8) is 0 Å². The molecule has 0 N–H and O–H groups in total. The van der Waals surface area contributed by atoms with E-state index in [1.807, 2.05) is 60.4 Å². The van der Waals surface area contributed by atoms with Crippen molar-refractivity contribution >= 4 is 23.2 Å². The van der Waals surface area contributed by atoms with Crippen LogP contribution in [0, 0.1) is 6.92 Å². The standard InChI is InChI=1S/C21H26ClNO2/c1-3-4-14-23(19-9-6-5-7-10-19)21(24)11-8-15-25-20-13-12-18(22)16-17(20)2/h5-7,9-10,12-13,16H,3-4,8,11,14-15H2,1-2H3. The summed E-state index contributed by atoms with van der Waals surface area (Å²) < 4.78 is 5.78. The minimum atomic E-state index is 0.149. The van der Waals surface area contributed by atoms with Gasteiger partial charge in [-0.05, 0) is 55.7 Å². The predicted molar refractivity (Wildman–Crippen MR) is 105 cm³/mol. The maximum absolute atomic E-state index is 12.6. The van der Waals surface area contributed by atoms with E-state index >= 15 is 0 Å². The van der Waals surface area contributed by atoms with E-state index in [1.165, 1.54) is 0 Å². The summed E-state index contributed by atoms with van der Waals surface area (Å²) in [7, 11) is 0. The molecule has 0 saturated heterocycles. The normalized spacial score (nSPS) is 10.5. The molecule has 3 nitrogen and oxygen atoms in total. The third-order valence-electron chi connectivity index (χ3n) is 4.03. The van der Waals surface area contributed by atoms with Crippen molar-refractivity contribution in [2.24, 2.45) is 0 Å². The second kappa shape index (κ2) is 10.1. The lowest BCUT2D eigenvalue weighted by Gasteiger charge is -2.23. The SMILES string of the molecule is CCCCN(C(=O)CCCOc1ccc(Cl)cc1C)c1ccccc1. The molecule has 4 heteroatoms. The van der Waals surface area contributed by atoms with Crippen LogP contribution in [-0.4, -0.2) is 19.1 Å². The molecule has 0 fully saturated rings. The lowest BCUT2D eigenvalue weighted by molar-refractivity contribution is -0.118. The van der Waals surface area contributed by atoms with E-state index < -0.39 is 0 Å². The second-order valence-corrected chi connectivity index (χ2v) is 6.53. The number of amides is 1. The number of benzene rings is 2. The van der Waals surface area contributed by atoms with Gasteiger partial charge in [0, 0.05) is 23.7 Å². The third-order valence-corrected chi connectivity index (χ3v) is 4.27. The number of unbranched alkanes of at least 4 members (excludes halogenated alkanes) is 1. The van der Waals surface area contributed by atoms with E-state index in [4.69, 9.17) is 16.3 Å². The highest BCUT2D eigenvalue weighted by molar-refractivity contribution is 6.30. The van der Waals surface area contributed by atoms with Crippen LogP contribution in [0.2, 0.25) is 5.02 Å². The van der Waals surface area contributed by atoms with Crippen LogP contribution in [0.3, 0.4) is 0 Å². The van der Waals surface area contributed by atoms with Crippen LogP contribution in [0.25, 0.3) is 0 Å². The molecular formula is C21H26ClNO2. The van der Waals surface area contributed by atoms with Crippen molar-refractivity contribution in [1.29, 1.82) is 0 Å². The van der Waals surface area contributed by atoms with E-state index in [9.17, 15) is 4.79 Å². The molecule has 0 aliphatic carbocycles. The van der Waals surface area contributed by atoms with Gasteiger partial charge in [0.1, 0.15) is 5.75 Å². The minimum absolute atomic E-state index is 0.149. The summed E-state index contributed by atoms with van der Waals surface area (Å²) in [6, 6.07) is 15.4. The summed E-state index contributed by atoms with van der Waals surface area (Å²) in [5.41, 5.74) is 1.98. The molecule has 0 radical (unpaired) electrons. The Morgan fingerprint density at radius 1 is 1.12 bits per heavy atom. The Kier molecular flexibility index (Phi) is 7.80. The van der Waals surface area contributed by atoms with Gasteiger partial charge in [-0.1, -0.05) is 43.1 Å². The first-order valence-electron chi connectivity index (χ1n) is 8.86. The molecule has 0 atom stereocenters. The highest BCUT2D eigenvalue weighted by atomic mass is 35.5. The fraction of sp³-hybridized carbons (Fsp3) is 0.381. The Morgan fingerprint density at radius 3 is 2.56 bits per heavy atom. The van der Waals surface area contributed by atoms with Gasteiger partial charge in [-0.25, -0.2) is 0 Å². The van der Waals surface area contributed by atoms with E-state index in [-0.39, 0.29) is 5.91 Å². The van der Waals surface area contributed by atoms with Crippen molar-refractivity contribution in [2.75, 3.05) is 18.1 Å². The molecule has 1 amide bonds. The highest BCUT2D eigenvalue weighted by Crippen LogP contribution is 2.22. The van der Waals surface area contributed by atoms with Crippen LogP contribution in [0.5, 0.6) is 5.75 Å². The molecule has 0 saturated carbocycles. The molecule has 0 spiro atoms. The molecule has 2 aromatic rings. The van der Waals surface area contributed by atoms with Gasteiger partial charge in [0.2, 0.25) is 5.91 Å². The van der Waals surface area contributed by atoms with Gasteiger partial charge in [0.05, 0.1) is 6.61 Å². The Bertz CT molecular complexity index is 673. The number of nitrogens with zero attached hydrogens (tertiary/aromatic N) is 1. The zero-order valence-electron chi connectivity index (χ0n) is 15.0. The zero-order valence-corrected chi connectivity index (χ0v) is 15.8. The molecular weight excluding hydrogens is 334 g/mol.